The lowest BCUT2D eigenvalue weighted by Gasteiger charge is -2.47. The van der Waals surface area contributed by atoms with Crippen molar-refractivity contribution < 1.29 is 50.5 Å². The minimum atomic E-state index is -5.06. The monoisotopic (exact) mass is 654 g/mol. The Balaban J connectivity index is 1.02. The van der Waals surface area contributed by atoms with E-state index in [2.05, 4.69) is 24.0 Å². The number of ether oxygens (including phenoxy) is 3. The largest absolute Gasteiger partial charge is 0.472 e. The Labute approximate surface area is 262 Å². The van der Waals surface area contributed by atoms with Crippen LogP contribution < -0.4 is 4.74 Å². The smallest absolute Gasteiger partial charge is 0.419 e. The van der Waals surface area contributed by atoms with Gasteiger partial charge in [-0.2, -0.15) is 26.3 Å². The molecule has 4 aliphatic heterocycles. The maximum atomic E-state index is 14.0. The van der Waals surface area contributed by atoms with Crippen LogP contribution in [0.1, 0.15) is 78.9 Å². The summed E-state index contributed by atoms with van der Waals surface area (Å²) in [5.74, 6) is -0.472. The molecule has 0 spiro atoms. The molecule has 6 atom stereocenters. The number of benzene rings is 2. The summed E-state index contributed by atoms with van der Waals surface area (Å²) in [6, 6.07) is 8.98. The minimum Gasteiger partial charge on any atom is -0.472 e. The molecule has 1 aliphatic carbocycles. The third-order valence-corrected chi connectivity index (χ3v) is 10.4. The number of rotatable bonds is 5. The zero-order valence-corrected chi connectivity index (χ0v) is 25.2. The molecule has 2 aromatic rings. The number of fused-ring (bicyclic) bond motifs is 1. The van der Waals surface area contributed by atoms with E-state index in [4.69, 9.17) is 14.2 Å². The molecule has 0 radical (unpaired) electrons. The quantitative estimate of drug-likeness (QED) is 0.304. The molecule has 5 aliphatic rings. The van der Waals surface area contributed by atoms with Gasteiger partial charge >= 0.3 is 12.4 Å². The molecule has 0 aromatic heterocycles. The van der Waals surface area contributed by atoms with Gasteiger partial charge in [0.15, 0.2) is 13.0 Å². The zero-order chi connectivity index (χ0) is 32.6. The minimum absolute atomic E-state index is 0.0551. The van der Waals surface area contributed by atoms with Gasteiger partial charge in [0.05, 0.1) is 24.3 Å². The van der Waals surface area contributed by atoms with Gasteiger partial charge in [0.25, 0.3) is 5.91 Å². The molecule has 2 unspecified atom stereocenters. The second kappa shape index (κ2) is 11.4. The fraction of sp³-hybridized carbons (Fsp3) is 0.606. The van der Waals surface area contributed by atoms with Gasteiger partial charge < -0.3 is 24.2 Å². The van der Waals surface area contributed by atoms with Crippen molar-refractivity contribution in [1.82, 2.24) is 9.80 Å². The van der Waals surface area contributed by atoms with Gasteiger partial charge in [-0.3, -0.25) is 9.69 Å². The number of alkyl halides is 6. The van der Waals surface area contributed by atoms with Crippen molar-refractivity contribution in [3.05, 3.63) is 64.2 Å². The second-order valence-electron chi connectivity index (χ2n) is 13.4. The van der Waals surface area contributed by atoms with Crippen molar-refractivity contribution >= 4 is 5.91 Å². The van der Waals surface area contributed by atoms with Crippen LogP contribution in [0.15, 0.2) is 36.4 Å². The molecule has 7 nitrogen and oxygen atoms in total. The van der Waals surface area contributed by atoms with Crippen LogP contribution in [0.2, 0.25) is 0 Å². The van der Waals surface area contributed by atoms with E-state index in [1.54, 1.807) is 0 Å². The van der Waals surface area contributed by atoms with Crippen molar-refractivity contribution in [2.45, 2.75) is 87.9 Å². The van der Waals surface area contributed by atoms with Crippen molar-refractivity contribution in [1.29, 1.82) is 0 Å². The molecule has 1 N–H and O–H groups in total. The molecule has 2 aromatic carbocycles. The summed E-state index contributed by atoms with van der Waals surface area (Å²) in [4.78, 5) is 17.6. The summed E-state index contributed by atoms with van der Waals surface area (Å²) < 4.78 is 98.6. The van der Waals surface area contributed by atoms with Crippen molar-refractivity contribution in [3.8, 4) is 5.75 Å². The molecule has 3 saturated heterocycles. The Morgan fingerprint density at radius 2 is 1.74 bits per heavy atom. The Bertz CT molecular complexity index is 1490. The highest BCUT2D eigenvalue weighted by Crippen LogP contribution is 2.50. The maximum absolute atomic E-state index is 14.0. The number of aliphatic hydroxyl groups is 1. The van der Waals surface area contributed by atoms with Gasteiger partial charge in [-0.25, -0.2) is 0 Å². The van der Waals surface area contributed by atoms with Gasteiger partial charge in [-0.15, -0.1) is 0 Å². The number of epoxide rings is 1. The third kappa shape index (κ3) is 5.88. The SMILES string of the molecule is C[C@H]1CN([C@@H]2CC[C@@](C(=O)N3COc4c(cc(C(F)(F)F)cc4C(F)(F)F)C3)(C3CC3)OC2)CC[C@@H]1c1cccc(C2OC2O)c1. The topological polar surface area (TPSA) is 74.8 Å². The fourth-order valence-electron chi connectivity index (χ4n) is 7.75. The van der Waals surface area contributed by atoms with Crippen LogP contribution >= 0.6 is 0 Å². The lowest BCUT2D eigenvalue weighted by Crippen LogP contribution is -2.59. The van der Waals surface area contributed by atoms with Crippen molar-refractivity contribution in [2.75, 3.05) is 26.4 Å². The first kappa shape index (κ1) is 31.7. The number of nitrogens with zero attached hydrogens (tertiary/aromatic N) is 2. The summed E-state index contributed by atoms with van der Waals surface area (Å²) in [5, 5.41) is 9.66. The highest BCUT2D eigenvalue weighted by molar-refractivity contribution is 5.86. The van der Waals surface area contributed by atoms with Gasteiger partial charge in [0, 0.05) is 18.2 Å². The summed E-state index contributed by atoms with van der Waals surface area (Å²) >= 11 is 0. The number of carbonyl (C=O) groups is 1. The van der Waals surface area contributed by atoms with E-state index in [0.29, 0.717) is 37.4 Å². The standard InChI is InChI=1S/C33H36F6N2O5/c1-18-14-40(10-8-25(18)19-3-2-4-20(11-19)28-29(42)46-28)24-7-9-31(45-16-24,22-5-6-22)30(43)41-15-21-12-23(32(34,35)36)13-26(33(37,38)39)27(21)44-17-41/h2-4,11-13,18,22,24-25,28-29,42H,5-10,14-17H2,1H3/t18-,24+,25-,28?,29?,31-/m0/s1. The van der Waals surface area contributed by atoms with Crippen LogP contribution in [0.4, 0.5) is 26.3 Å². The average molecular weight is 655 g/mol. The van der Waals surface area contributed by atoms with Crippen LogP contribution in [0.25, 0.3) is 0 Å². The zero-order valence-electron chi connectivity index (χ0n) is 25.2. The lowest BCUT2D eigenvalue weighted by atomic mass is 9.79. The Morgan fingerprint density at radius 3 is 2.35 bits per heavy atom. The molecule has 4 heterocycles. The van der Waals surface area contributed by atoms with Crippen molar-refractivity contribution in [3.63, 3.8) is 0 Å². The number of hydrogen-bond donors (Lipinski definition) is 1. The summed E-state index contributed by atoms with van der Waals surface area (Å²) in [5.41, 5.74) is -2.24. The molecule has 250 valence electrons. The number of amides is 1. The predicted octanol–water partition coefficient (Wildman–Crippen LogP) is 6.25. The predicted molar refractivity (Wildman–Crippen MR) is 151 cm³/mol. The summed E-state index contributed by atoms with van der Waals surface area (Å²) in [7, 11) is 0. The maximum Gasteiger partial charge on any atom is 0.419 e. The molecule has 13 heteroatoms. The normalized spacial score (nSPS) is 32.1. The molecule has 7 rings (SSSR count). The number of aliphatic hydroxyl groups excluding tert-OH is 1. The van der Waals surface area contributed by atoms with Crippen LogP contribution in [0.3, 0.4) is 0 Å². The van der Waals surface area contributed by atoms with Crippen LogP contribution in [0.5, 0.6) is 5.75 Å². The van der Waals surface area contributed by atoms with Crippen molar-refractivity contribution in [2.24, 2.45) is 11.8 Å². The van der Waals surface area contributed by atoms with E-state index >= 15 is 0 Å². The molecular formula is C33H36F6N2O5. The highest BCUT2D eigenvalue weighted by atomic mass is 19.4. The number of hydrogen-bond acceptors (Lipinski definition) is 6. The van der Waals surface area contributed by atoms with Gasteiger partial charge in [-0.05, 0) is 79.7 Å². The van der Waals surface area contributed by atoms with Gasteiger partial charge in [0.2, 0.25) is 0 Å². The highest BCUT2D eigenvalue weighted by Gasteiger charge is 2.56. The van der Waals surface area contributed by atoms with Gasteiger partial charge in [-0.1, -0.05) is 31.2 Å². The van der Waals surface area contributed by atoms with Crippen LogP contribution in [-0.4, -0.2) is 65.2 Å². The third-order valence-electron chi connectivity index (χ3n) is 10.4. The summed E-state index contributed by atoms with van der Waals surface area (Å²) in [6.45, 7) is 3.29. The lowest BCUT2D eigenvalue weighted by molar-refractivity contribution is -0.181. The van der Waals surface area contributed by atoms with E-state index in [0.717, 1.165) is 37.9 Å². The first-order valence-electron chi connectivity index (χ1n) is 15.8. The Kier molecular flexibility index (Phi) is 7.85. The van der Waals surface area contributed by atoms with E-state index in [-0.39, 0.29) is 29.7 Å². The molecule has 46 heavy (non-hydrogen) atoms. The van der Waals surface area contributed by atoms with Gasteiger partial charge in [0.1, 0.15) is 17.5 Å². The first-order chi connectivity index (χ1) is 21.7. The van der Waals surface area contributed by atoms with E-state index < -0.39 is 60.3 Å². The number of piperidine rings is 1. The number of halogens is 6. The Morgan fingerprint density at radius 1 is 1.00 bits per heavy atom. The molecule has 1 amide bonds. The van der Waals surface area contributed by atoms with Crippen LogP contribution in [0, 0.1) is 11.8 Å². The van der Waals surface area contributed by atoms with E-state index in [1.165, 1.54) is 10.5 Å². The molecule has 1 saturated carbocycles. The fourth-order valence-corrected chi connectivity index (χ4v) is 7.75. The number of carbonyl (C=O) groups excluding carboxylic acids is 1. The Hall–Kier alpha value is -2.87. The second-order valence-corrected chi connectivity index (χ2v) is 13.4. The van der Waals surface area contributed by atoms with E-state index in [9.17, 15) is 36.2 Å². The number of likely N-dealkylation sites (tertiary alicyclic amines) is 1. The molecular weight excluding hydrogens is 618 g/mol. The van der Waals surface area contributed by atoms with Crippen LogP contribution in [-0.2, 0) is 33.2 Å². The molecule has 0 bridgehead atoms. The molecule has 4 fully saturated rings. The van der Waals surface area contributed by atoms with E-state index in [1.807, 2.05) is 12.1 Å². The summed E-state index contributed by atoms with van der Waals surface area (Å²) in [6.07, 6.45) is -7.47. The first-order valence-corrected chi connectivity index (χ1v) is 15.8. The average Bonchev–Trinajstić information content (AvgIpc) is 3.96.